The van der Waals surface area contributed by atoms with Gasteiger partial charge in [0.1, 0.15) is 19.3 Å². The van der Waals surface area contributed by atoms with E-state index in [0.717, 1.165) is 32.1 Å². The number of ether oxygens (including phenoxy) is 2. The van der Waals surface area contributed by atoms with Crippen LogP contribution in [0.1, 0.15) is 168 Å². The van der Waals surface area contributed by atoms with Crippen molar-refractivity contribution in [1.29, 1.82) is 0 Å². The van der Waals surface area contributed by atoms with Crippen LogP contribution in [0.25, 0.3) is 0 Å². The maximum absolute atomic E-state index is 12.3. The normalized spacial score (nSPS) is 14.0. The number of rotatable bonds is 35. The van der Waals surface area contributed by atoms with Gasteiger partial charge >= 0.3 is 13.8 Å². The summed E-state index contributed by atoms with van der Waals surface area (Å²) in [5, 5.41) is 0. The number of hydrogen-bond acceptors (Lipinski definition) is 6. The molecule has 8 nitrogen and oxygen atoms in total. The molecule has 0 radical (unpaired) electrons. The number of hydrogen-bond donors (Lipinski definition) is 1. The zero-order valence-corrected chi connectivity index (χ0v) is 31.3. The van der Waals surface area contributed by atoms with E-state index in [-0.39, 0.29) is 25.8 Å². The summed E-state index contributed by atoms with van der Waals surface area (Å²) in [5.74, 6) is -0.335. The Morgan fingerprint density at radius 3 is 1.47 bits per heavy atom. The summed E-state index contributed by atoms with van der Waals surface area (Å²) in [6.07, 6.45) is 29.2. The van der Waals surface area contributed by atoms with Gasteiger partial charge in [0.2, 0.25) is 0 Å². The summed E-state index contributed by atoms with van der Waals surface area (Å²) in [4.78, 5) is 22.3. The van der Waals surface area contributed by atoms with Gasteiger partial charge in [-0.1, -0.05) is 149 Å². The summed E-state index contributed by atoms with van der Waals surface area (Å²) in [6, 6.07) is 0. The van der Waals surface area contributed by atoms with Crippen LogP contribution >= 0.6 is 7.82 Å². The summed E-state index contributed by atoms with van der Waals surface area (Å²) in [6.45, 7) is 5.48. The van der Waals surface area contributed by atoms with Crippen molar-refractivity contribution >= 4 is 13.8 Å². The van der Waals surface area contributed by atoms with Gasteiger partial charge in [-0.15, -0.1) is 0 Å². The molecule has 9 heteroatoms. The minimum absolute atomic E-state index is 0.0920. The van der Waals surface area contributed by atoms with Crippen LogP contribution in [0.2, 0.25) is 0 Å². The molecule has 45 heavy (non-hydrogen) atoms. The molecule has 0 aliphatic rings. The molecule has 0 rings (SSSR count). The van der Waals surface area contributed by atoms with Crippen molar-refractivity contribution in [2.45, 2.75) is 174 Å². The molecular weight excluding hydrogens is 589 g/mol. The smallest absolute Gasteiger partial charge is 0.457 e. The molecule has 2 unspecified atom stereocenters. The largest absolute Gasteiger partial charge is 0.472 e. The van der Waals surface area contributed by atoms with Crippen LogP contribution in [-0.4, -0.2) is 75.6 Å². The molecular formula is C36H75NO7P+. The highest BCUT2D eigenvalue weighted by Crippen LogP contribution is 2.43. The minimum atomic E-state index is -4.24. The third-order valence-electron chi connectivity index (χ3n) is 8.17. The van der Waals surface area contributed by atoms with E-state index in [1.54, 1.807) is 0 Å². The van der Waals surface area contributed by atoms with Crippen molar-refractivity contribution < 1.29 is 37.3 Å². The van der Waals surface area contributed by atoms with Crippen LogP contribution in [0, 0.1) is 0 Å². The molecule has 0 heterocycles. The molecule has 0 aromatic carbocycles. The van der Waals surface area contributed by atoms with Gasteiger partial charge in [0, 0.05) is 13.0 Å². The van der Waals surface area contributed by atoms with Crippen molar-refractivity contribution in [3.63, 3.8) is 0 Å². The number of carbonyl (C=O) groups is 1. The molecule has 0 aromatic rings. The Balaban J connectivity index is 3.88. The molecule has 0 spiro atoms. The number of carbonyl (C=O) groups excluding carboxylic acids is 1. The van der Waals surface area contributed by atoms with Gasteiger partial charge in [-0.05, 0) is 12.8 Å². The van der Waals surface area contributed by atoms with E-state index in [2.05, 4.69) is 13.8 Å². The Bertz CT molecular complexity index is 701. The molecule has 0 aromatic heterocycles. The topological polar surface area (TPSA) is 91.3 Å². The van der Waals surface area contributed by atoms with Crippen molar-refractivity contribution in [2.24, 2.45) is 0 Å². The van der Waals surface area contributed by atoms with Gasteiger partial charge in [0.15, 0.2) is 0 Å². The zero-order chi connectivity index (χ0) is 33.5. The Labute approximate surface area is 278 Å². The Kier molecular flexibility index (Phi) is 30.5. The van der Waals surface area contributed by atoms with Gasteiger partial charge in [0.25, 0.3) is 0 Å². The van der Waals surface area contributed by atoms with Gasteiger partial charge < -0.3 is 18.9 Å². The van der Waals surface area contributed by atoms with E-state index in [9.17, 15) is 14.3 Å². The van der Waals surface area contributed by atoms with Gasteiger partial charge in [-0.25, -0.2) is 4.57 Å². The lowest BCUT2D eigenvalue weighted by atomic mass is 10.0. The first kappa shape index (κ1) is 44.5. The zero-order valence-electron chi connectivity index (χ0n) is 30.4. The minimum Gasteiger partial charge on any atom is -0.457 e. The van der Waals surface area contributed by atoms with Crippen LogP contribution in [0.3, 0.4) is 0 Å². The number of nitrogens with zero attached hydrogens (tertiary/aromatic N) is 1. The molecule has 2 atom stereocenters. The number of unbranched alkanes of at least 4 members (excludes halogenated alkanes) is 21. The lowest BCUT2D eigenvalue weighted by Gasteiger charge is -2.24. The second-order valence-electron chi connectivity index (χ2n) is 14.0. The lowest BCUT2D eigenvalue weighted by molar-refractivity contribution is -0.870. The highest BCUT2D eigenvalue weighted by molar-refractivity contribution is 7.47. The first-order chi connectivity index (χ1) is 21.6. The molecule has 0 aliphatic heterocycles. The molecule has 1 N–H and O–H groups in total. The van der Waals surface area contributed by atoms with Crippen molar-refractivity contribution in [3.8, 4) is 0 Å². The Morgan fingerprint density at radius 1 is 0.600 bits per heavy atom. The van der Waals surface area contributed by atoms with Crippen LogP contribution in [0.4, 0.5) is 0 Å². The fraction of sp³-hybridized carbons (Fsp3) is 0.972. The molecule has 0 amide bonds. The number of esters is 1. The second-order valence-corrected chi connectivity index (χ2v) is 15.4. The van der Waals surface area contributed by atoms with Crippen LogP contribution in [0.15, 0.2) is 0 Å². The molecule has 0 saturated carbocycles. The Hall–Kier alpha value is -0.500. The predicted molar refractivity (Wildman–Crippen MR) is 187 cm³/mol. The number of likely N-dealkylation sites (N-methyl/N-ethyl adjacent to an activating group) is 1. The lowest BCUT2D eigenvalue weighted by Crippen LogP contribution is -2.37. The van der Waals surface area contributed by atoms with E-state index < -0.39 is 13.9 Å². The standard InChI is InChI=1S/C36H74NO7P/c1-6-8-10-11-12-13-14-15-16-17-18-19-20-21-22-23-24-25-26-28-31-41-33-35(44-36(38)29-27-9-7-2)34-43-45(39,40)42-32-30-37(3,4)5/h35H,6-34H2,1-5H3/p+1. The quantitative estimate of drug-likeness (QED) is 0.0312. The van der Waals surface area contributed by atoms with E-state index in [1.807, 2.05) is 21.1 Å². The Morgan fingerprint density at radius 2 is 1.02 bits per heavy atom. The SMILES string of the molecule is CCCCCCCCCCCCCCCCCCCCCCOCC(COP(=O)(O)OCC[N+](C)(C)C)OC(=O)CCCCC. The third kappa shape index (κ3) is 34.6. The van der Waals surface area contributed by atoms with Gasteiger partial charge in [-0.2, -0.15) is 0 Å². The average molecular weight is 665 g/mol. The maximum atomic E-state index is 12.3. The molecule has 0 bridgehead atoms. The average Bonchev–Trinajstić information content (AvgIpc) is 2.97. The first-order valence-electron chi connectivity index (χ1n) is 18.8. The monoisotopic (exact) mass is 665 g/mol. The van der Waals surface area contributed by atoms with Crippen molar-refractivity contribution in [2.75, 3.05) is 54.1 Å². The van der Waals surface area contributed by atoms with E-state index in [4.69, 9.17) is 18.5 Å². The maximum Gasteiger partial charge on any atom is 0.472 e. The van der Waals surface area contributed by atoms with E-state index >= 15 is 0 Å². The molecule has 270 valence electrons. The van der Waals surface area contributed by atoms with E-state index in [0.29, 0.717) is 24.1 Å². The number of quaternary nitrogens is 1. The van der Waals surface area contributed by atoms with Crippen molar-refractivity contribution in [3.05, 3.63) is 0 Å². The molecule has 0 fully saturated rings. The van der Waals surface area contributed by atoms with Crippen LogP contribution in [0.5, 0.6) is 0 Å². The predicted octanol–water partition coefficient (Wildman–Crippen LogP) is 10.2. The number of phosphoric ester groups is 1. The summed E-state index contributed by atoms with van der Waals surface area (Å²) < 4.78 is 34.4. The van der Waals surface area contributed by atoms with Gasteiger partial charge in [-0.3, -0.25) is 13.8 Å². The summed E-state index contributed by atoms with van der Waals surface area (Å²) >= 11 is 0. The molecule has 0 aliphatic carbocycles. The first-order valence-corrected chi connectivity index (χ1v) is 20.3. The van der Waals surface area contributed by atoms with Crippen molar-refractivity contribution in [1.82, 2.24) is 0 Å². The summed E-state index contributed by atoms with van der Waals surface area (Å²) in [5.41, 5.74) is 0. The second kappa shape index (κ2) is 30.8. The third-order valence-corrected chi connectivity index (χ3v) is 9.15. The fourth-order valence-corrected chi connectivity index (χ4v) is 5.94. The fourth-order valence-electron chi connectivity index (χ4n) is 5.20. The number of phosphoric acid groups is 1. The highest BCUT2D eigenvalue weighted by Gasteiger charge is 2.26. The summed E-state index contributed by atoms with van der Waals surface area (Å²) in [7, 11) is 1.67. The molecule has 0 saturated heterocycles. The van der Waals surface area contributed by atoms with Crippen LogP contribution in [-0.2, 0) is 27.9 Å². The van der Waals surface area contributed by atoms with Crippen LogP contribution < -0.4 is 0 Å². The van der Waals surface area contributed by atoms with Gasteiger partial charge in [0.05, 0.1) is 34.4 Å². The van der Waals surface area contributed by atoms with E-state index in [1.165, 1.54) is 116 Å². The highest BCUT2D eigenvalue weighted by atomic mass is 31.2.